The maximum atomic E-state index is 12.2. The van der Waals surface area contributed by atoms with E-state index in [4.69, 9.17) is 9.84 Å². The zero-order valence-corrected chi connectivity index (χ0v) is 12.4. The molecule has 0 fully saturated rings. The fourth-order valence-corrected chi connectivity index (χ4v) is 2.09. The number of carboxylic acids is 1. The predicted molar refractivity (Wildman–Crippen MR) is 77.5 cm³/mol. The van der Waals surface area contributed by atoms with Crippen molar-refractivity contribution in [3.63, 3.8) is 0 Å². The summed E-state index contributed by atoms with van der Waals surface area (Å²) in [6, 6.07) is 3.81. The molecular formula is C16H22O4. The number of hydrogen-bond donors (Lipinski definition) is 1. The third-order valence-electron chi connectivity index (χ3n) is 2.96. The molecule has 1 rings (SSSR count). The lowest BCUT2D eigenvalue weighted by Crippen LogP contribution is -2.08. The first kappa shape index (κ1) is 16.2. The molecule has 0 aliphatic rings. The van der Waals surface area contributed by atoms with E-state index in [1.165, 1.54) is 0 Å². The number of benzene rings is 1. The monoisotopic (exact) mass is 278 g/mol. The molecule has 0 aliphatic heterocycles. The Kier molecular flexibility index (Phi) is 6.22. The van der Waals surface area contributed by atoms with Crippen LogP contribution in [0.3, 0.4) is 0 Å². The summed E-state index contributed by atoms with van der Waals surface area (Å²) in [6.45, 7) is 6.44. The Balaban J connectivity index is 2.90. The highest BCUT2D eigenvalue weighted by Crippen LogP contribution is 2.27. The summed E-state index contributed by atoms with van der Waals surface area (Å²) in [5.41, 5.74) is 2.52. The molecule has 1 N–H and O–H groups in total. The van der Waals surface area contributed by atoms with Crippen LogP contribution in [-0.2, 0) is 4.79 Å². The molecule has 4 nitrogen and oxygen atoms in total. The predicted octanol–water partition coefficient (Wildman–Crippen LogP) is 3.53. The topological polar surface area (TPSA) is 63.6 Å². The fourth-order valence-electron chi connectivity index (χ4n) is 2.09. The largest absolute Gasteiger partial charge is 0.493 e. The van der Waals surface area contributed by atoms with Gasteiger partial charge in [-0.05, 0) is 43.9 Å². The molecule has 1 aromatic carbocycles. The van der Waals surface area contributed by atoms with E-state index >= 15 is 0 Å². The first-order chi connectivity index (χ1) is 9.45. The second-order valence-corrected chi connectivity index (χ2v) is 4.98. The van der Waals surface area contributed by atoms with Gasteiger partial charge in [0.2, 0.25) is 0 Å². The molecular weight excluding hydrogens is 256 g/mol. The van der Waals surface area contributed by atoms with Crippen LogP contribution in [-0.4, -0.2) is 23.5 Å². The average molecular weight is 278 g/mol. The maximum Gasteiger partial charge on any atom is 0.303 e. The second-order valence-electron chi connectivity index (χ2n) is 4.98. The van der Waals surface area contributed by atoms with Gasteiger partial charge in [-0.3, -0.25) is 9.59 Å². The number of carbonyl (C=O) groups is 2. The smallest absolute Gasteiger partial charge is 0.303 e. The molecule has 1 aromatic rings. The molecule has 0 saturated heterocycles. The number of hydrogen-bond acceptors (Lipinski definition) is 3. The lowest BCUT2D eigenvalue weighted by molar-refractivity contribution is -0.137. The molecule has 0 amide bonds. The highest BCUT2D eigenvalue weighted by atomic mass is 16.5. The first-order valence-electron chi connectivity index (χ1n) is 6.94. The van der Waals surface area contributed by atoms with Crippen LogP contribution in [0.1, 0.15) is 54.1 Å². The molecule has 0 radical (unpaired) electrons. The highest BCUT2D eigenvalue weighted by Gasteiger charge is 2.16. The Morgan fingerprint density at radius 1 is 1.20 bits per heavy atom. The van der Waals surface area contributed by atoms with E-state index in [1.54, 1.807) is 0 Å². The molecule has 0 heterocycles. The summed E-state index contributed by atoms with van der Waals surface area (Å²) in [5.74, 6) is -0.289. The summed E-state index contributed by atoms with van der Waals surface area (Å²) < 4.78 is 5.68. The van der Waals surface area contributed by atoms with Crippen LogP contribution in [0, 0.1) is 13.8 Å². The fraction of sp³-hybridized carbons (Fsp3) is 0.500. The number of Topliss-reactive ketones (excluding diaryl/α,β-unsaturated/α-hetero) is 1. The standard InChI is InChI=1S/C16H22O4/c1-4-8-20-16-12(3)9-11(2)10-13(16)14(17)6-5-7-15(18)19/h9-10H,4-8H2,1-3H3,(H,18,19). The van der Waals surface area contributed by atoms with E-state index in [9.17, 15) is 9.59 Å². The van der Waals surface area contributed by atoms with E-state index in [0.717, 1.165) is 17.5 Å². The number of carbonyl (C=O) groups excluding carboxylic acids is 1. The normalized spacial score (nSPS) is 10.3. The van der Waals surface area contributed by atoms with Crippen LogP contribution >= 0.6 is 0 Å². The van der Waals surface area contributed by atoms with Gasteiger partial charge in [0.15, 0.2) is 5.78 Å². The Morgan fingerprint density at radius 2 is 1.90 bits per heavy atom. The zero-order valence-electron chi connectivity index (χ0n) is 12.4. The van der Waals surface area contributed by atoms with Crippen molar-refractivity contribution in [2.45, 2.75) is 46.5 Å². The van der Waals surface area contributed by atoms with Gasteiger partial charge in [-0.1, -0.05) is 13.0 Å². The number of ketones is 1. The molecule has 4 heteroatoms. The molecule has 0 atom stereocenters. The molecule has 0 aliphatic carbocycles. The van der Waals surface area contributed by atoms with E-state index in [1.807, 2.05) is 32.9 Å². The van der Waals surface area contributed by atoms with Crippen molar-refractivity contribution in [3.8, 4) is 5.75 Å². The van der Waals surface area contributed by atoms with Crippen LogP contribution in [0.25, 0.3) is 0 Å². The van der Waals surface area contributed by atoms with Crippen molar-refractivity contribution in [2.24, 2.45) is 0 Å². The van der Waals surface area contributed by atoms with Crippen LogP contribution in [0.5, 0.6) is 5.75 Å². The van der Waals surface area contributed by atoms with E-state index in [2.05, 4.69) is 0 Å². The third kappa shape index (κ3) is 4.68. The van der Waals surface area contributed by atoms with E-state index < -0.39 is 5.97 Å². The van der Waals surface area contributed by atoms with Gasteiger partial charge in [0.1, 0.15) is 5.75 Å². The van der Waals surface area contributed by atoms with Crippen molar-refractivity contribution >= 4 is 11.8 Å². The quantitative estimate of drug-likeness (QED) is 0.739. The van der Waals surface area contributed by atoms with Crippen molar-refractivity contribution in [1.82, 2.24) is 0 Å². The summed E-state index contributed by atoms with van der Waals surface area (Å²) in [4.78, 5) is 22.7. The Bertz CT molecular complexity index is 491. The lowest BCUT2D eigenvalue weighted by Gasteiger charge is -2.14. The van der Waals surface area contributed by atoms with Crippen molar-refractivity contribution < 1.29 is 19.4 Å². The van der Waals surface area contributed by atoms with Gasteiger partial charge in [-0.15, -0.1) is 0 Å². The summed E-state index contributed by atoms with van der Waals surface area (Å²) in [7, 11) is 0. The van der Waals surface area contributed by atoms with Crippen molar-refractivity contribution in [1.29, 1.82) is 0 Å². The Hall–Kier alpha value is -1.84. The summed E-state index contributed by atoms with van der Waals surface area (Å²) >= 11 is 0. The van der Waals surface area contributed by atoms with E-state index in [0.29, 0.717) is 24.3 Å². The summed E-state index contributed by atoms with van der Waals surface area (Å²) in [6.07, 6.45) is 1.48. The van der Waals surface area contributed by atoms with Gasteiger partial charge in [0.25, 0.3) is 0 Å². The summed E-state index contributed by atoms with van der Waals surface area (Å²) in [5, 5.41) is 8.62. The molecule has 0 bridgehead atoms. The molecule has 20 heavy (non-hydrogen) atoms. The molecule has 0 aromatic heterocycles. The minimum absolute atomic E-state index is 0.0156. The Labute approximate surface area is 119 Å². The van der Waals surface area contributed by atoms with Crippen molar-refractivity contribution in [2.75, 3.05) is 6.61 Å². The molecule has 110 valence electrons. The second kappa shape index (κ2) is 7.68. The molecule has 0 unspecified atom stereocenters. The number of rotatable bonds is 8. The third-order valence-corrected chi connectivity index (χ3v) is 2.96. The minimum atomic E-state index is -0.874. The van der Waals surface area contributed by atoms with Gasteiger partial charge in [-0.25, -0.2) is 0 Å². The van der Waals surface area contributed by atoms with Gasteiger partial charge < -0.3 is 9.84 Å². The number of aryl methyl sites for hydroxylation is 2. The van der Waals surface area contributed by atoms with Crippen molar-refractivity contribution in [3.05, 3.63) is 28.8 Å². The average Bonchev–Trinajstić information content (AvgIpc) is 2.36. The number of aliphatic carboxylic acids is 1. The van der Waals surface area contributed by atoms with Crippen LogP contribution in [0.2, 0.25) is 0 Å². The van der Waals surface area contributed by atoms with E-state index in [-0.39, 0.29) is 18.6 Å². The zero-order chi connectivity index (χ0) is 15.1. The van der Waals surface area contributed by atoms with Gasteiger partial charge in [0, 0.05) is 12.8 Å². The molecule has 0 spiro atoms. The van der Waals surface area contributed by atoms with Crippen LogP contribution < -0.4 is 4.74 Å². The number of ether oxygens (including phenoxy) is 1. The highest BCUT2D eigenvalue weighted by molar-refractivity contribution is 5.99. The maximum absolute atomic E-state index is 12.2. The first-order valence-corrected chi connectivity index (χ1v) is 6.94. The SMILES string of the molecule is CCCOc1c(C)cc(C)cc1C(=O)CCCC(=O)O. The minimum Gasteiger partial charge on any atom is -0.493 e. The van der Waals surface area contributed by atoms with Gasteiger partial charge >= 0.3 is 5.97 Å². The van der Waals surface area contributed by atoms with Crippen LogP contribution in [0.15, 0.2) is 12.1 Å². The Morgan fingerprint density at radius 3 is 2.50 bits per heavy atom. The van der Waals surface area contributed by atoms with Gasteiger partial charge in [0.05, 0.1) is 12.2 Å². The number of carboxylic acid groups (broad SMARTS) is 1. The van der Waals surface area contributed by atoms with Crippen LogP contribution in [0.4, 0.5) is 0 Å². The lowest BCUT2D eigenvalue weighted by atomic mass is 9.99. The van der Waals surface area contributed by atoms with Gasteiger partial charge in [-0.2, -0.15) is 0 Å². The molecule has 0 saturated carbocycles.